The maximum absolute atomic E-state index is 10.4. The molecule has 0 aliphatic heterocycles. The molecule has 0 spiro atoms. The van der Waals surface area contributed by atoms with Gasteiger partial charge >= 0.3 is 0 Å². The number of nitrogens with zero attached hydrogens (tertiary/aromatic N) is 4. The first-order chi connectivity index (χ1) is 9.71. The fraction of sp³-hybridized carbons (Fsp3) is 0.571. The minimum Gasteiger partial charge on any atom is -0.432 e. The maximum atomic E-state index is 10.4. The van der Waals surface area contributed by atoms with E-state index in [9.17, 15) is 4.80 Å². The van der Waals surface area contributed by atoms with Gasteiger partial charge in [-0.2, -0.15) is 0 Å². The fourth-order valence-corrected chi connectivity index (χ4v) is 3.68. The first kappa shape index (κ1) is 16.2. The van der Waals surface area contributed by atoms with E-state index < -0.39 is 8.32 Å². The summed E-state index contributed by atoms with van der Waals surface area (Å²) in [7, 11) is -2.21. The Morgan fingerprint density at radius 2 is 1.86 bits per heavy atom. The van der Waals surface area contributed by atoms with E-state index in [1.165, 1.54) is 11.3 Å². The van der Waals surface area contributed by atoms with Crippen LogP contribution < -0.4 is 0 Å². The third kappa shape index (κ3) is 3.72. The Labute approximate surface area is 130 Å². The van der Waals surface area contributed by atoms with Crippen LogP contribution in [-0.4, -0.2) is 33.3 Å². The van der Waals surface area contributed by atoms with Crippen molar-refractivity contribution in [1.29, 1.82) is 0 Å². The number of hydrogen-bond donors (Lipinski definition) is 1. The zero-order chi connectivity index (χ0) is 15.7. The molecule has 7 heteroatoms. The first-order valence-electron chi connectivity index (χ1n) is 7.04. The quantitative estimate of drug-likeness (QED) is 0.853. The lowest BCUT2D eigenvalue weighted by Gasteiger charge is -2.36. The van der Waals surface area contributed by atoms with Gasteiger partial charge in [0, 0.05) is 18.3 Å². The highest BCUT2D eigenvalue weighted by Gasteiger charge is 2.39. The summed E-state index contributed by atoms with van der Waals surface area (Å²) in [4.78, 5) is 18.8. The molecule has 2 heterocycles. The standard InChI is InChI=1S/C14H22N4OSSi/c1-10(9-14(2,3)21(4,5)19)12-17-18-13(20-12)11-15-7-6-8-16-11/h6-8,10,19H,9H2,1-5H3/t10-/m0/s1. The van der Waals surface area contributed by atoms with E-state index in [0.717, 1.165) is 16.4 Å². The number of hydrogen-bond acceptors (Lipinski definition) is 6. The van der Waals surface area contributed by atoms with Crippen LogP contribution in [0.2, 0.25) is 18.1 Å². The molecule has 1 atom stereocenters. The van der Waals surface area contributed by atoms with Crippen LogP contribution in [0.1, 0.15) is 38.1 Å². The summed E-state index contributed by atoms with van der Waals surface area (Å²) in [6, 6.07) is 1.78. The molecule has 2 aromatic heterocycles. The highest BCUT2D eigenvalue weighted by atomic mass is 32.1. The Bertz CT molecular complexity index is 595. The van der Waals surface area contributed by atoms with E-state index in [0.29, 0.717) is 5.82 Å². The van der Waals surface area contributed by atoms with Crippen molar-refractivity contribution in [1.82, 2.24) is 20.2 Å². The molecule has 0 unspecified atom stereocenters. The maximum Gasteiger partial charge on any atom is 0.190 e. The Hall–Kier alpha value is -1.18. The van der Waals surface area contributed by atoms with Crippen LogP contribution in [0.4, 0.5) is 0 Å². The topological polar surface area (TPSA) is 71.8 Å². The smallest absolute Gasteiger partial charge is 0.190 e. The van der Waals surface area contributed by atoms with Gasteiger partial charge in [0.15, 0.2) is 19.1 Å². The molecule has 0 amide bonds. The molecule has 0 radical (unpaired) electrons. The zero-order valence-electron chi connectivity index (χ0n) is 13.2. The summed E-state index contributed by atoms with van der Waals surface area (Å²) in [5, 5.41) is 10.1. The predicted octanol–water partition coefficient (Wildman–Crippen LogP) is 3.47. The van der Waals surface area contributed by atoms with Gasteiger partial charge in [-0.3, -0.25) is 0 Å². The summed E-state index contributed by atoms with van der Waals surface area (Å²) >= 11 is 1.53. The Morgan fingerprint density at radius 1 is 1.24 bits per heavy atom. The second-order valence-corrected chi connectivity index (χ2v) is 12.0. The van der Waals surface area contributed by atoms with Crippen LogP contribution in [-0.2, 0) is 0 Å². The number of aromatic nitrogens is 4. The zero-order valence-corrected chi connectivity index (χ0v) is 15.0. The van der Waals surface area contributed by atoms with E-state index in [2.05, 4.69) is 40.9 Å². The molecule has 114 valence electrons. The average molecular weight is 323 g/mol. The van der Waals surface area contributed by atoms with Crippen molar-refractivity contribution in [3.05, 3.63) is 23.5 Å². The molecule has 0 aliphatic rings. The van der Waals surface area contributed by atoms with Gasteiger partial charge in [0.25, 0.3) is 0 Å². The van der Waals surface area contributed by atoms with Crippen molar-refractivity contribution in [3.8, 4) is 10.8 Å². The second kappa shape index (κ2) is 5.90. The monoisotopic (exact) mass is 322 g/mol. The lowest BCUT2D eigenvalue weighted by Crippen LogP contribution is -2.39. The molecule has 0 saturated carbocycles. The summed E-state index contributed by atoms with van der Waals surface area (Å²) < 4.78 is 0. The molecule has 2 rings (SSSR count). The summed E-state index contributed by atoms with van der Waals surface area (Å²) in [5.41, 5.74) is 0. The minimum absolute atomic E-state index is 0.0680. The van der Waals surface area contributed by atoms with Crippen molar-refractivity contribution in [2.75, 3.05) is 0 Å². The number of rotatable bonds is 5. The van der Waals surface area contributed by atoms with Crippen LogP contribution in [0, 0.1) is 0 Å². The highest BCUT2D eigenvalue weighted by molar-refractivity contribution is 7.14. The van der Waals surface area contributed by atoms with E-state index in [-0.39, 0.29) is 11.0 Å². The molecule has 0 fully saturated rings. The Morgan fingerprint density at radius 3 is 2.43 bits per heavy atom. The van der Waals surface area contributed by atoms with Gasteiger partial charge < -0.3 is 4.80 Å². The molecule has 0 aromatic carbocycles. The largest absolute Gasteiger partial charge is 0.432 e. The van der Waals surface area contributed by atoms with Crippen molar-refractivity contribution >= 4 is 19.7 Å². The third-order valence-corrected chi connectivity index (χ3v) is 8.76. The lowest BCUT2D eigenvalue weighted by atomic mass is 9.98. The Balaban J connectivity index is 2.15. The van der Waals surface area contributed by atoms with Crippen molar-refractivity contribution in [3.63, 3.8) is 0 Å². The van der Waals surface area contributed by atoms with Gasteiger partial charge in [-0.25, -0.2) is 9.97 Å². The summed E-state index contributed by atoms with van der Waals surface area (Å²) in [6.45, 7) is 10.4. The van der Waals surface area contributed by atoms with E-state index >= 15 is 0 Å². The van der Waals surface area contributed by atoms with Gasteiger partial charge in [0.1, 0.15) is 5.01 Å². The first-order valence-corrected chi connectivity index (χ1v) is 10.8. The molecular formula is C14H22N4OSSi. The van der Waals surface area contributed by atoms with Gasteiger partial charge in [-0.1, -0.05) is 32.1 Å². The molecular weight excluding hydrogens is 300 g/mol. The van der Waals surface area contributed by atoms with E-state index in [4.69, 9.17) is 0 Å². The molecule has 0 saturated heterocycles. The second-order valence-electron chi connectivity index (χ2n) is 6.57. The third-order valence-electron chi connectivity index (χ3n) is 4.09. The van der Waals surface area contributed by atoms with E-state index in [1.807, 2.05) is 13.1 Å². The molecule has 0 bridgehead atoms. The van der Waals surface area contributed by atoms with Crippen LogP contribution >= 0.6 is 11.3 Å². The normalized spacial score (nSPS) is 14.2. The van der Waals surface area contributed by atoms with Gasteiger partial charge in [-0.05, 0) is 30.6 Å². The summed E-state index contributed by atoms with van der Waals surface area (Å²) in [6.07, 6.45) is 4.30. The van der Waals surface area contributed by atoms with Crippen LogP contribution in [0.25, 0.3) is 10.8 Å². The summed E-state index contributed by atoms with van der Waals surface area (Å²) in [5.74, 6) is 0.874. The van der Waals surface area contributed by atoms with Crippen molar-refractivity contribution in [2.45, 2.75) is 51.2 Å². The van der Waals surface area contributed by atoms with Gasteiger partial charge in [0.05, 0.1) is 0 Å². The van der Waals surface area contributed by atoms with Gasteiger partial charge in [-0.15, -0.1) is 10.2 Å². The SMILES string of the molecule is C[C@@H](CC(C)(C)[Si](C)(C)O)c1nnc(-c2ncccn2)s1. The Kier molecular flexibility index (Phi) is 4.55. The molecule has 0 aliphatic carbocycles. The van der Waals surface area contributed by atoms with Gasteiger partial charge in [0.2, 0.25) is 0 Å². The van der Waals surface area contributed by atoms with Crippen LogP contribution in [0.15, 0.2) is 18.5 Å². The highest BCUT2D eigenvalue weighted by Crippen LogP contribution is 2.44. The molecule has 2 aromatic rings. The molecule has 1 N–H and O–H groups in total. The predicted molar refractivity (Wildman–Crippen MR) is 87.7 cm³/mol. The van der Waals surface area contributed by atoms with Crippen molar-refractivity contribution < 1.29 is 4.80 Å². The van der Waals surface area contributed by atoms with E-state index in [1.54, 1.807) is 18.5 Å². The average Bonchev–Trinajstić information content (AvgIpc) is 2.87. The van der Waals surface area contributed by atoms with Crippen LogP contribution in [0.5, 0.6) is 0 Å². The van der Waals surface area contributed by atoms with Crippen molar-refractivity contribution in [2.24, 2.45) is 0 Å². The molecule has 5 nitrogen and oxygen atoms in total. The fourth-order valence-electron chi connectivity index (χ4n) is 2.04. The molecule has 21 heavy (non-hydrogen) atoms. The lowest BCUT2D eigenvalue weighted by molar-refractivity contribution is 0.429. The minimum atomic E-state index is -2.21. The van der Waals surface area contributed by atoms with Crippen LogP contribution in [0.3, 0.4) is 0 Å².